The first-order chi connectivity index (χ1) is 15.7. The van der Waals surface area contributed by atoms with E-state index in [1.165, 1.54) is 23.0 Å². The standard InChI is InChI=1S/C29H25O2P/c1-31-29(30)25(22-24-14-6-2-7-15-24)23-32(26-16-8-3-9-17-26,27-18-10-4-11-19-27)28-20-12-5-13-21-28/h2-23H,1H3/b25-22+. The number of rotatable bonds is 7. The first-order valence-corrected chi connectivity index (χ1v) is 12.4. The van der Waals surface area contributed by atoms with Crippen LogP contribution in [0.5, 0.6) is 0 Å². The van der Waals surface area contributed by atoms with Gasteiger partial charge < -0.3 is 9.53 Å². The fourth-order valence-corrected chi connectivity index (χ4v) is 7.73. The lowest BCUT2D eigenvalue weighted by Crippen LogP contribution is -2.32. The minimum atomic E-state index is -2.31. The third-order valence-corrected chi connectivity index (χ3v) is 9.37. The average molecular weight is 436 g/mol. The molecule has 0 aliphatic carbocycles. The van der Waals surface area contributed by atoms with Crippen molar-refractivity contribution in [1.82, 2.24) is 0 Å². The van der Waals surface area contributed by atoms with E-state index < -0.39 is 7.26 Å². The lowest BCUT2D eigenvalue weighted by atomic mass is 10.1. The van der Waals surface area contributed by atoms with Crippen LogP contribution in [-0.2, 0) is 9.53 Å². The van der Waals surface area contributed by atoms with Crippen LogP contribution in [0.4, 0.5) is 0 Å². The predicted molar refractivity (Wildman–Crippen MR) is 136 cm³/mol. The molecule has 0 unspecified atom stereocenters. The maximum Gasteiger partial charge on any atom is 0.223 e. The summed E-state index contributed by atoms with van der Waals surface area (Å²) in [6.07, 6.45) is 4.06. The Morgan fingerprint density at radius 1 is 0.656 bits per heavy atom. The van der Waals surface area contributed by atoms with Crippen molar-refractivity contribution < 1.29 is 9.53 Å². The summed E-state index contributed by atoms with van der Waals surface area (Å²) in [5, 5.41) is 3.54. The molecule has 158 valence electrons. The summed E-state index contributed by atoms with van der Waals surface area (Å²) >= 11 is 0. The number of ether oxygens (including phenoxy) is 1. The summed E-state index contributed by atoms with van der Waals surface area (Å²) in [7, 11) is -0.874. The molecule has 0 spiro atoms. The molecule has 0 fully saturated rings. The Morgan fingerprint density at radius 2 is 1.03 bits per heavy atom. The molecule has 32 heavy (non-hydrogen) atoms. The van der Waals surface area contributed by atoms with Crippen molar-refractivity contribution in [2.24, 2.45) is 0 Å². The highest BCUT2D eigenvalue weighted by molar-refractivity contribution is 7.97. The number of hydrogen-bond acceptors (Lipinski definition) is 2. The summed E-state index contributed by atoms with van der Waals surface area (Å²) < 4.78 is 5.22. The Balaban J connectivity index is 1.98. The van der Waals surface area contributed by atoms with Gasteiger partial charge >= 0.3 is 0 Å². The molecule has 0 amide bonds. The molecule has 4 aromatic carbocycles. The summed E-state index contributed by atoms with van der Waals surface area (Å²) in [6.45, 7) is 0. The third kappa shape index (κ3) is 4.51. The molecule has 4 aromatic rings. The van der Waals surface area contributed by atoms with E-state index in [1.807, 2.05) is 54.6 Å². The van der Waals surface area contributed by atoms with Gasteiger partial charge in [0.1, 0.15) is 0 Å². The largest absolute Gasteiger partial charge is 0.522 e. The van der Waals surface area contributed by atoms with Crippen LogP contribution in [0.15, 0.2) is 127 Å². The summed E-state index contributed by atoms with van der Waals surface area (Å²) in [5.41, 5.74) is 1.50. The fourth-order valence-electron chi connectivity index (χ4n) is 3.86. The number of carbonyl (C=O) groups is 1. The molecular weight excluding hydrogens is 411 g/mol. The summed E-state index contributed by atoms with van der Waals surface area (Å²) in [5.74, 6) is -0.346. The van der Waals surface area contributed by atoms with Crippen LogP contribution in [0.3, 0.4) is 0 Å². The Hall–Kier alpha value is -3.61. The smallest absolute Gasteiger partial charge is 0.223 e. The number of methoxy groups -OCH3 is 1. The first kappa shape index (κ1) is 21.6. The van der Waals surface area contributed by atoms with E-state index in [1.54, 1.807) is 0 Å². The van der Waals surface area contributed by atoms with E-state index in [-0.39, 0.29) is 5.97 Å². The van der Waals surface area contributed by atoms with Gasteiger partial charge in [0, 0.05) is 0 Å². The molecule has 0 N–H and O–H groups in total. The van der Waals surface area contributed by atoms with Gasteiger partial charge in [-0.05, 0) is 42.6 Å². The minimum Gasteiger partial charge on any atom is -0.522 e. The first-order valence-electron chi connectivity index (χ1n) is 10.5. The van der Waals surface area contributed by atoms with Gasteiger partial charge in [0.2, 0.25) is 5.97 Å². The van der Waals surface area contributed by atoms with Crippen molar-refractivity contribution in [3.05, 3.63) is 139 Å². The number of benzene rings is 4. The topological polar surface area (TPSA) is 26.3 Å². The summed E-state index contributed by atoms with van der Waals surface area (Å²) in [6, 6.07) is 41.2. The SMILES string of the molecule is COC(=O)/C(=C/c1ccccc1)[CH-][P+](c1ccccc1)(c1ccccc1)c1ccccc1. The van der Waals surface area contributed by atoms with Crippen molar-refractivity contribution >= 4 is 35.2 Å². The molecule has 0 radical (unpaired) electrons. The van der Waals surface area contributed by atoms with Crippen molar-refractivity contribution in [3.8, 4) is 0 Å². The van der Waals surface area contributed by atoms with Crippen LogP contribution in [0.1, 0.15) is 5.56 Å². The zero-order valence-electron chi connectivity index (χ0n) is 18.0. The highest BCUT2D eigenvalue weighted by atomic mass is 31.2. The van der Waals surface area contributed by atoms with Gasteiger partial charge in [-0.3, -0.25) is 0 Å². The normalized spacial score (nSPS) is 11.6. The molecule has 0 saturated heterocycles. The Morgan fingerprint density at radius 3 is 1.41 bits per heavy atom. The van der Waals surface area contributed by atoms with Gasteiger partial charge in [0.05, 0.1) is 30.3 Å². The number of hydrogen-bond donors (Lipinski definition) is 0. The van der Waals surface area contributed by atoms with E-state index in [4.69, 9.17) is 4.74 Å². The van der Waals surface area contributed by atoms with Crippen molar-refractivity contribution in [3.63, 3.8) is 0 Å². The molecule has 0 saturated carbocycles. The Bertz CT molecular complexity index is 1070. The maximum absolute atomic E-state index is 13.0. The number of esters is 1. The predicted octanol–water partition coefficient (Wildman–Crippen LogP) is 5.40. The molecule has 3 heteroatoms. The second kappa shape index (κ2) is 10.1. The van der Waals surface area contributed by atoms with Crippen molar-refractivity contribution in [2.75, 3.05) is 7.11 Å². The van der Waals surface area contributed by atoms with Crippen molar-refractivity contribution in [2.45, 2.75) is 0 Å². The molecule has 4 rings (SSSR count). The third-order valence-electron chi connectivity index (χ3n) is 5.37. The lowest BCUT2D eigenvalue weighted by molar-refractivity contribution is -0.135. The van der Waals surface area contributed by atoms with E-state index >= 15 is 0 Å². The second-order valence-corrected chi connectivity index (χ2v) is 10.6. The van der Waals surface area contributed by atoms with Gasteiger partial charge in [-0.15, -0.1) is 6.08 Å². The molecule has 0 bridgehead atoms. The van der Waals surface area contributed by atoms with Crippen LogP contribution in [-0.4, -0.2) is 13.1 Å². The minimum absolute atomic E-state index is 0.346. The highest BCUT2D eigenvalue weighted by Crippen LogP contribution is 2.60. The molecule has 0 aliphatic rings. The van der Waals surface area contributed by atoms with Crippen molar-refractivity contribution in [1.29, 1.82) is 0 Å². The second-order valence-electron chi connectivity index (χ2n) is 7.36. The monoisotopic (exact) mass is 436 g/mol. The molecule has 2 nitrogen and oxygen atoms in total. The number of carbonyl (C=O) groups excluding carboxylic acids is 1. The highest BCUT2D eigenvalue weighted by Gasteiger charge is 2.43. The van der Waals surface area contributed by atoms with Crippen LogP contribution in [0, 0.1) is 6.16 Å². The van der Waals surface area contributed by atoms with Crippen LogP contribution >= 0.6 is 7.26 Å². The van der Waals surface area contributed by atoms with E-state index in [0.717, 1.165) is 5.56 Å². The molecule has 0 heterocycles. The van der Waals surface area contributed by atoms with Gasteiger partial charge in [0.15, 0.2) is 0 Å². The van der Waals surface area contributed by atoms with E-state index in [9.17, 15) is 4.79 Å². The van der Waals surface area contributed by atoms with Gasteiger partial charge in [-0.1, -0.05) is 96.1 Å². The van der Waals surface area contributed by atoms with Gasteiger partial charge in [-0.25, -0.2) is 0 Å². The maximum atomic E-state index is 13.0. The van der Waals surface area contributed by atoms with Crippen LogP contribution in [0.2, 0.25) is 0 Å². The summed E-state index contributed by atoms with van der Waals surface area (Å²) in [4.78, 5) is 13.0. The fraction of sp³-hybridized carbons (Fsp3) is 0.0345. The Labute approximate surface area is 190 Å². The zero-order valence-corrected chi connectivity index (χ0v) is 18.9. The molecular formula is C29H25O2P. The zero-order chi connectivity index (χ0) is 22.2. The van der Waals surface area contributed by atoms with E-state index in [0.29, 0.717) is 5.57 Å². The van der Waals surface area contributed by atoms with Gasteiger partial charge in [0.25, 0.3) is 0 Å². The van der Waals surface area contributed by atoms with E-state index in [2.05, 4.69) is 79.0 Å². The lowest BCUT2D eigenvalue weighted by Gasteiger charge is -2.32. The van der Waals surface area contributed by atoms with Gasteiger partial charge in [-0.2, -0.15) is 0 Å². The molecule has 0 atom stereocenters. The van der Waals surface area contributed by atoms with Crippen LogP contribution < -0.4 is 15.9 Å². The molecule has 0 aliphatic heterocycles. The molecule has 0 aromatic heterocycles. The van der Waals surface area contributed by atoms with Crippen LogP contribution in [0.25, 0.3) is 6.08 Å². The Kier molecular flexibility index (Phi) is 6.84. The quantitative estimate of drug-likeness (QED) is 0.168. The average Bonchev–Trinajstić information content (AvgIpc) is 2.88.